The Labute approximate surface area is 255 Å². The Balaban J connectivity index is 1.19. The Kier molecular flexibility index (Phi) is 8.77. The third kappa shape index (κ3) is 6.18. The minimum Gasteiger partial charge on any atom is -0.469 e. The number of carbonyl (C=O) groups excluding carboxylic acids is 1. The van der Waals surface area contributed by atoms with Crippen LogP contribution in [0.25, 0.3) is 0 Å². The Morgan fingerprint density at radius 2 is 1.79 bits per heavy atom. The second-order valence-electron chi connectivity index (χ2n) is 13.5. The molecule has 230 valence electrons. The Morgan fingerprint density at radius 1 is 1.05 bits per heavy atom. The Bertz CT molecular complexity index is 1310. The first kappa shape index (κ1) is 30.1. The van der Waals surface area contributed by atoms with Crippen LogP contribution in [0.2, 0.25) is 0 Å². The maximum atomic E-state index is 14.9. The van der Waals surface area contributed by atoms with Gasteiger partial charge in [0.15, 0.2) is 0 Å². The molecule has 4 aliphatic rings. The Hall–Kier alpha value is -2.99. The van der Waals surface area contributed by atoms with Crippen LogP contribution >= 0.6 is 0 Å². The molecule has 3 atom stereocenters. The van der Waals surface area contributed by atoms with Crippen molar-refractivity contribution >= 4 is 11.7 Å². The molecule has 43 heavy (non-hydrogen) atoms. The number of likely N-dealkylation sites (tertiary alicyclic amines) is 2. The van der Waals surface area contributed by atoms with Crippen molar-refractivity contribution in [2.24, 2.45) is 17.8 Å². The predicted molar refractivity (Wildman–Crippen MR) is 164 cm³/mol. The van der Waals surface area contributed by atoms with Gasteiger partial charge in [-0.25, -0.2) is 4.39 Å². The number of piperidine rings is 1. The number of methoxy groups -OCH3 is 1. The molecule has 2 aromatic rings. The number of anilines is 1. The van der Waals surface area contributed by atoms with Crippen LogP contribution in [0.3, 0.4) is 0 Å². The van der Waals surface area contributed by atoms with E-state index < -0.39 is 5.60 Å². The fourth-order valence-electron chi connectivity index (χ4n) is 8.75. The Morgan fingerprint density at radius 3 is 2.42 bits per heavy atom. The fourth-order valence-corrected chi connectivity index (χ4v) is 8.75. The van der Waals surface area contributed by atoms with E-state index in [0.29, 0.717) is 43.5 Å². The summed E-state index contributed by atoms with van der Waals surface area (Å²) in [6.07, 6.45) is 6.76. The van der Waals surface area contributed by atoms with Crippen molar-refractivity contribution in [2.45, 2.75) is 56.0 Å². The van der Waals surface area contributed by atoms with Crippen LogP contribution < -0.4 is 4.90 Å². The van der Waals surface area contributed by atoms with Crippen LogP contribution in [-0.2, 0) is 14.9 Å². The topological polar surface area (TPSA) is 80.0 Å². The van der Waals surface area contributed by atoms with Gasteiger partial charge in [-0.1, -0.05) is 18.6 Å². The lowest BCUT2D eigenvalue weighted by Gasteiger charge is -2.55. The molecule has 1 aliphatic carbocycles. The molecule has 4 fully saturated rings. The SMILES string of the molecule is COC(=O)C[C@H]1CCC[C@@H]1[C@](CN1CCC1)(c1cccc(F)c1)C1CCN(CC2(O)CN(c3ccc(C#N)cc3)C2)CC1. The number of esters is 1. The molecule has 2 aromatic carbocycles. The zero-order valence-corrected chi connectivity index (χ0v) is 25.4. The average Bonchev–Trinajstić information content (AvgIpc) is 3.44. The summed E-state index contributed by atoms with van der Waals surface area (Å²) in [7, 11) is 1.47. The summed E-state index contributed by atoms with van der Waals surface area (Å²) in [5, 5.41) is 20.5. The van der Waals surface area contributed by atoms with Gasteiger partial charge in [0.2, 0.25) is 0 Å². The average molecular weight is 589 g/mol. The van der Waals surface area contributed by atoms with E-state index in [-0.39, 0.29) is 23.1 Å². The van der Waals surface area contributed by atoms with Gasteiger partial charge in [-0.15, -0.1) is 0 Å². The van der Waals surface area contributed by atoms with Crippen molar-refractivity contribution in [3.05, 3.63) is 65.5 Å². The van der Waals surface area contributed by atoms with Gasteiger partial charge in [0.05, 0.1) is 18.7 Å². The van der Waals surface area contributed by atoms with Crippen LogP contribution in [0, 0.1) is 34.9 Å². The number of ether oxygens (including phenoxy) is 1. The highest BCUT2D eigenvalue weighted by atomic mass is 19.1. The number of aliphatic hydroxyl groups is 1. The molecule has 0 aromatic heterocycles. The van der Waals surface area contributed by atoms with Gasteiger partial charge in [-0.2, -0.15) is 5.26 Å². The molecule has 0 bridgehead atoms. The molecule has 3 saturated heterocycles. The molecular formula is C35H45FN4O3. The van der Waals surface area contributed by atoms with Crippen molar-refractivity contribution in [3.8, 4) is 6.07 Å². The zero-order chi connectivity index (χ0) is 30.0. The van der Waals surface area contributed by atoms with Gasteiger partial charge in [0, 0.05) is 43.7 Å². The number of β-amino-alcohol motifs (C(OH)–C–C–N with tert-alkyl or cyclic N) is 1. The number of hydrogen-bond donors (Lipinski definition) is 1. The second kappa shape index (κ2) is 12.6. The summed E-state index contributed by atoms with van der Waals surface area (Å²) < 4.78 is 20.0. The van der Waals surface area contributed by atoms with E-state index in [2.05, 4.69) is 26.8 Å². The number of halogens is 1. The first-order valence-corrected chi connectivity index (χ1v) is 16.1. The number of rotatable bonds is 10. The van der Waals surface area contributed by atoms with Gasteiger partial charge in [0.25, 0.3) is 0 Å². The molecule has 0 amide bonds. The minimum atomic E-state index is -0.755. The maximum Gasteiger partial charge on any atom is 0.305 e. The lowest BCUT2D eigenvalue weighted by Crippen LogP contribution is -2.67. The molecule has 0 radical (unpaired) electrons. The van der Waals surface area contributed by atoms with Crippen molar-refractivity contribution in [1.29, 1.82) is 5.26 Å². The predicted octanol–water partition coefficient (Wildman–Crippen LogP) is 4.58. The summed E-state index contributed by atoms with van der Waals surface area (Å²) in [4.78, 5) is 19.6. The standard InChI is InChI=1S/C35H45FN4O3/c1-43-33(41)19-27-5-2-8-32(27)35(25-38-15-4-16-38,29-6-3-7-30(36)20-29)28-13-17-39(18-14-28)22-34(42)23-40(24-34)31-11-9-26(21-37)10-12-31/h3,6-7,9-12,20,27-28,32,42H,2,4-5,8,13-19,22-25H2,1H3/t27-,32+,35+/m1/s1. The van der Waals surface area contributed by atoms with Gasteiger partial charge in [0.1, 0.15) is 11.4 Å². The third-order valence-corrected chi connectivity index (χ3v) is 10.9. The molecule has 1 saturated carbocycles. The molecule has 0 spiro atoms. The van der Waals surface area contributed by atoms with E-state index in [1.807, 2.05) is 30.3 Å². The fraction of sp³-hybridized carbons (Fsp3) is 0.600. The van der Waals surface area contributed by atoms with Crippen LogP contribution in [0.4, 0.5) is 10.1 Å². The third-order valence-electron chi connectivity index (χ3n) is 10.9. The smallest absolute Gasteiger partial charge is 0.305 e. The van der Waals surface area contributed by atoms with E-state index in [9.17, 15) is 14.3 Å². The van der Waals surface area contributed by atoms with Crippen molar-refractivity contribution in [1.82, 2.24) is 9.80 Å². The van der Waals surface area contributed by atoms with Crippen LogP contribution in [0.15, 0.2) is 48.5 Å². The van der Waals surface area contributed by atoms with Crippen molar-refractivity contribution in [3.63, 3.8) is 0 Å². The van der Waals surface area contributed by atoms with E-state index in [1.165, 1.54) is 13.5 Å². The molecule has 8 heteroatoms. The number of nitrogens with zero attached hydrogens (tertiary/aromatic N) is 4. The number of hydrogen-bond acceptors (Lipinski definition) is 7. The van der Waals surface area contributed by atoms with Crippen LogP contribution in [0.5, 0.6) is 0 Å². The van der Waals surface area contributed by atoms with Crippen molar-refractivity contribution < 1.29 is 19.0 Å². The van der Waals surface area contributed by atoms with Gasteiger partial charge in [-0.3, -0.25) is 4.79 Å². The lowest BCUT2D eigenvalue weighted by molar-refractivity contribution is -0.142. The largest absolute Gasteiger partial charge is 0.469 e. The molecule has 0 unspecified atom stereocenters. The maximum absolute atomic E-state index is 14.9. The lowest BCUT2D eigenvalue weighted by atomic mass is 9.56. The first-order chi connectivity index (χ1) is 20.8. The van der Waals surface area contributed by atoms with E-state index in [4.69, 9.17) is 10.00 Å². The minimum absolute atomic E-state index is 0.146. The number of benzene rings is 2. The molecule has 6 rings (SSSR count). The summed E-state index contributed by atoms with van der Waals surface area (Å²) >= 11 is 0. The first-order valence-electron chi connectivity index (χ1n) is 16.1. The van der Waals surface area contributed by atoms with Crippen LogP contribution in [0.1, 0.15) is 56.1 Å². The van der Waals surface area contributed by atoms with Crippen molar-refractivity contribution in [2.75, 3.05) is 64.4 Å². The van der Waals surface area contributed by atoms with E-state index >= 15 is 0 Å². The summed E-state index contributed by atoms with van der Waals surface area (Å²) in [6.45, 7) is 6.66. The summed E-state index contributed by atoms with van der Waals surface area (Å²) in [5.74, 6) is 0.555. The molecular weight excluding hydrogens is 543 g/mol. The quantitative estimate of drug-likeness (QED) is 0.407. The van der Waals surface area contributed by atoms with Gasteiger partial charge in [-0.05, 0) is 118 Å². The van der Waals surface area contributed by atoms with E-state index in [1.54, 1.807) is 12.1 Å². The van der Waals surface area contributed by atoms with Gasteiger partial charge >= 0.3 is 5.97 Å². The van der Waals surface area contributed by atoms with Crippen LogP contribution in [-0.4, -0.2) is 85.9 Å². The number of nitriles is 1. The highest BCUT2D eigenvalue weighted by molar-refractivity contribution is 5.69. The molecule has 7 nitrogen and oxygen atoms in total. The molecule has 3 aliphatic heterocycles. The second-order valence-corrected chi connectivity index (χ2v) is 13.5. The molecule has 3 heterocycles. The zero-order valence-electron chi connectivity index (χ0n) is 25.4. The monoisotopic (exact) mass is 588 g/mol. The normalized spacial score (nSPS) is 25.8. The summed E-state index contributed by atoms with van der Waals surface area (Å²) in [5.41, 5.74) is 1.78. The number of carbonyl (C=O) groups is 1. The highest BCUT2D eigenvalue weighted by Crippen LogP contribution is 2.54. The summed E-state index contributed by atoms with van der Waals surface area (Å²) in [6, 6.07) is 17.0. The molecule has 1 N–H and O–H groups in total. The highest BCUT2D eigenvalue weighted by Gasteiger charge is 2.53. The van der Waals surface area contributed by atoms with Gasteiger partial charge < -0.3 is 24.5 Å². The van der Waals surface area contributed by atoms with E-state index in [0.717, 1.165) is 76.1 Å².